The highest BCUT2D eigenvalue weighted by molar-refractivity contribution is 8.00. The first kappa shape index (κ1) is 17.9. The maximum atomic E-state index is 5.45. The van der Waals surface area contributed by atoms with E-state index in [9.17, 15) is 0 Å². The van der Waals surface area contributed by atoms with Crippen LogP contribution in [0.5, 0.6) is 0 Å². The normalized spacial score (nSPS) is 24.5. The third-order valence-corrected chi connectivity index (χ3v) is 5.75. The molecule has 2 N–H and O–H groups in total. The number of aliphatic imine (C=N–C) groups is 1. The molecule has 1 atom stereocenters. The number of thioether (sulfide) groups is 1. The monoisotopic (exact) mass is 328 g/mol. The molecule has 0 radical (unpaired) electrons. The number of hydrogen-bond acceptors (Lipinski definition) is 4. The van der Waals surface area contributed by atoms with Crippen LogP contribution in [0.25, 0.3) is 0 Å². The van der Waals surface area contributed by atoms with Gasteiger partial charge in [0.05, 0.1) is 19.8 Å². The zero-order chi connectivity index (χ0) is 15.8. The molecule has 128 valence electrons. The summed E-state index contributed by atoms with van der Waals surface area (Å²) in [4.78, 5) is 7.31. The lowest BCUT2D eigenvalue weighted by molar-refractivity contribution is -0.00683. The topological polar surface area (TPSA) is 48.9 Å². The lowest BCUT2D eigenvalue weighted by Crippen LogP contribution is -2.52. The average Bonchev–Trinajstić information content (AvgIpc) is 3.04. The van der Waals surface area contributed by atoms with Crippen molar-refractivity contribution in [1.82, 2.24) is 15.5 Å². The fraction of sp³-hybridized carbons (Fsp3) is 0.938. The van der Waals surface area contributed by atoms with E-state index in [1.807, 2.05) is 0 Å². The van der Waals surface area contributed by atoms with Gasteiger partial charge in [0.15, 0.2) is 5.96 Å². The van der Waals surface area contributed by atoms with Gasteiger partial charge in [-0.15, -0.1) is 0 Å². The van der Waals surface area contributed by atoms with Crippen LogP contribution in [0.2, 0.25) is 0 Å². The SMILES string of the molecule is CCNC(=NCC(C)(C)N1CCOCC1)NCC1CCCS1. The van der Waals surface area contributed by atoms with Gasteiger partial charge in [-0.05, 0) is 39.4 Å². The standard InChI is InChI=1S/C16H32N4OS/c1-4-17-15(18-12-14-6-5-11-22-14)19-13-16(2,3)20-7-9-21-10-8-20/h14H,4-13H2,1-3H3,(H2,17,18,19). The molecule has 6 heteroatoms. The second-order valence-electron chi connectivity index (χ2n) is 6.62. The van der Waals surface area contributed by atoms with E-state index >= 15 is 0 Å². The smallest absolute Gasteiger partial charge is 0.191 e. The molecule has 0 spiro atoms. The van der Waals surface area contributed by atoms with Crippen molar-refractivity contribution in [2.45, 2.75) is 44.4 Å². The van der Waals surface area contributed by atoms with Gasteiger partial charge >= 0.3 is 0 Å². The van der Waals surface area contributed by atoms with E-state index in [0.717, 1.165) is 57.1 Å². The number of ether oxygens (including phenoxy) is 1. The van der Waals surface area contributed by atoms with Crippen LogP contribution in [0, 0.1) is 0 Å². The first-order chi connectivity index (χ1) is 10.6. The van der Waals surface area contributed by atoms with Crippen molar-refractivity contribution < 1.29 is 4.74 Å². The Morgan fingerprint density at radius 2 is 2.09 bits per heavy atom. The van der Waals surface area contributed by atoms with Crippen LogP contribution in [-0.4, -0.2) is 73.3 Å². The molecule has 0 aromatic carbocycles. The fourth-order valence-corrected chi connectivity index (χ4v) is 4.10. The molecule has 0 aliphatic carbocycles. The molecule has 2 rings (SSSR count). The Hall–Kier alpha value is -0.460. The highest BCUT2D eigenvalue weighted by atomic mass is 32.2. The Labute approximate surface area is 139 Å². The minimum Gasteiger partial charge on any atom is -0.379 e. The van der Waals surface area contributed by atoms with Gasteiger partial charge in [0.25, 0.3) is 0 Å². The fourth-order valence-electron chi connectivity index (χ4n) is 2.90. The van der Waals surface area contributed by atoms with Gasteiger partial charge in [-0.25, -0.2) is 0 Å². The molecule has 0 bridgehead atoms. The van der Waals surface area contributed by atoms with Crippen LogP contribution >= 0.6 is 11.8 Å². The largest absolute Gasteiger partial charge is 0.379 e. The Balaban J connectivity index is 1.84. The van der Waals surface area contributed by atoms with Crippen molar-refractivity contribution in [2.75, 3.05) is 51.7 Å². The van der Waals surface area contributed by atoms with Gasteiger partial charge in [0, 0.05) is 37.0 Å². The Bertz CT molecular complexity index is 350. The molecule has 2 fully saturated rings. The van der Waals surface area contributed by atoms with Crippen LogP contribution < -0.4 is 10.6 Å². The third-order valence-electron chi connectivity index (χ3n) is 4.36. The quantitative estimate of drug-likeness (QED) is 0.572. The zero-order valence-electron chi connectivity index (χ0n) is 14.4. The molecule has 0 amide bonds. The van der Waals surface area contributed by atoms with Crippen LogP contribution in [0.3, 0.4) is 0 Å². The summed E-state index contributed by atoms with van der Waals surface area (Å²) in [7, 11) is 0. The van der Waals surface area contributed by atoms with Gasteiger partial charge < -0.3 is 15.4 Å². The summed E-state index contributed by atoms with van der Waals surface area (Å²) in [6, 6.07) is 0. The lowest BCUT2D eigenvalue weighted by Gasteiger charge is -2.39. The molecule has 2 aliphatic heterocycles. The minimum absolute atomic E-state index is 0.0776. The Morgan fingerprint density at radius 1 is 1.32 bits per heavy atom. The average molecular weight is 329 g/mol. The van der Waals surface area contributed by atoms with E-state index < -0.39 is 0 Å². The van der Waals surface area contributed by atoms with E-state index in [2.05, 4.69) is 48.1 Å². The molecular weight excluding hydrogens is 296 g/mol. The van der Waals surface area contributed by atoms with Crippen molar-refractivity contribution in [3.63, 3.8) is 0 Å². The number of rotatable bonds is 6. The highest BCUT2D eigenvalue weighted by Crippen LogP contribution is 2.25. The van der Waals surface area contributed by atoms with Crippen LogP contribution in [-0.2, 0) is 4.74 Å². The summed E-state index contributed by atoms with van der Waals surface area (Å²) >= 11 is 2.08. The van der Waals surface area contributed by atoms with Crippen molar-refractivity contribution in [2.24, 2.45) is 4.99 Å². The van der Waals surface area contributed by atoms with E-state index in [1.54, 1.807) is 0 Å². The van der Waals surface area contributed by atoms with Crippen LogP contribution in [0.1, 0.15) is 33.6 Å². The molecule has 0 aromatic rings. The lowest BCUT2D eigenvalue weighted by atomic mass is 10.0. The predicted octanol–water partition coefficient (Wildman–Crippen LogP) is 1.55. The summed E-state index contributed by atoms with van der Waals surface area (Å²) in [6.45, 7) is 13.1. The molecule has 2 saturated heterocycles. The Kier molecular flexibility index (Phi) is 7.31. The first-order valence-corrected chi connectivity index (χ1v) is 9.63. The molecule has 2 heterocycles. The highest BCUT2D eigenvalue weighted by Gasteiger charge is 2.28. The second kappa shape index (κ2) is 8.99. The first-order valence-electron chi connectivity index (χ1n) is 8.58. The number of nitrogens with one attached hydrogen (secondary N) is 2. The molecule has 5 nitrogen and oxygen atoms in total. The molecule has 0 aromatic heterocycles. The minimum atomic E-state index is 0.0776. The van der Waals surface area contributed by atoms with E-state index in [-0.39, 0.29) is 5.54 Å². The number of morpholine rings is 1. The summed E-state index contributed by atoms with van der Waals surface area (Å²) in [6.07, 6.45) is 2.69. The zero-order valence-corrected chi connectivity index (χ0v) is 15.2. The number of nitrogens with zero attached hydrogens (tertiary/aromatic N) is 2. The summed E-state index contributed by atoms with van der Waals surface area (Å²) in [5.74, 6) is 2.26. The van der Waals surface area contributed by atoms with Gasteiger partial charge in [-0.2, -0.15) is 11.8 Å². The van der Waals surface area contributed by atoms with E-state index in [0.29, 0.717) is 0 Å². The van der Waals surface area contributed by atoms with Gasteiger partial charge in [0.1, 0.15) is 0 Å². The third kappa shape index (κ3) is 5.63. The number of guanidine groups is 1. The molecular formula is C16H32N4OS. The maximum Gasteiger partial charge on any atom is 0.191 e. The van der Waals surface area contributed by atoms with E-state index in [4.69, 9.17) is 9.73 Å². The predicted molar refractivity (Wildman–Crippen MR) is 95.9 cm³/mol. The molecule has 2 aliphatic rings. The van der Waals surface area contributed by atoms with Crippen molar-refractivity contribution in [1.29, 1.82) is 0 Å². The molecule has 1 unspecified atom stereocenters. The maximum absolute atomic E-state index is 5.45. The summed E-state index contributed by atoms with van der Waals surface area (Å²) in [5.41, 5.74) is 0.0776. The second-order valence-corrected chi connectivity index (χ2v) is 8.03. The van der Waals surface area contributed by atoms with Gasteiger partial charge in [0.2, 0.25) is 0 Å². The Morgan fingerprint density at radius 3 is 2.73 bits per heavy atom. The summed E-state index contributed by atoms with van der Waals surface area (Å²) in [5, 5.41) is 7.63. The van der Waals surface area contributed by atoms with Crippen molar-refractivity contribution in [3.05, 3.63) is 0 Å². The van der Waals surface area contributed by atoms with Crippen LogP contribution in [0.4, 0.5) is 0 Å². The van der Waals surface area contributed by atoms with Crippen molar-refractivity contribution >= 4 is 17.7 Å². The van der Waals surface area contributed by atoms with Crippen LogP contribution in [0.15, 0.2) is 4.99 Å². The van der Waals surface area contributed by atoms with E-state index in [1.165, 1.54) is 18.6 Å². The van der Waals surface area contributed by atoms with Crippen molar-refractivity contribution in [3.8, 4) is 0 Å². The van der Waals surface area contributed by atoms with Gasteiger partial charge in [-0.3, -0.25) is 9.89 Å². The number of hydrogen-bond donors (Lipinski definition) is 2. The summed E-state index contributed by atoms with van der Waals surface area (Å²) < 4.78 is 5.45. The molecule has 22 heavy (non-hydrogen) atoms. The molecule has 0 saturated carbocycles. The van der Waals surface area contributed by atoms with Gasteiger partial charge in [-0.1, -0.05) is 0 Å².